The van der Waals surface area contributed by atoms with E-state index in [2.05, 4.69) is 48.9 Å². The SMILES string of the molecule is Cc1cncc(-c2cnn(C3CCN(C(C)CN=[N+]=[N-])CC3)c2)c1. The normalized spacial score (nSPS) is 17.4. The minimum atomic E-state index is 0.299. The van der Waals surface area contributed by atoms with Crippen LogP contribution in [0.25, 0.3) is 21.6 Å². The first-order valence-electron chi connectivity index (χ1n) is 8.38. The Bertz CT molecular complexity index is 724. The molecule has 1 saturated heterocycles. The summed E-state index contributed by atoms with van der Waals surface area (Å²) in [5.74, 6) is 0. The fourth-order valence-electron chi connectivity index (χ4n) is 3.26. The van der Waals surface area contributed by atoms with Gasteiger partial charge in [0.15, 0.2) is 0 Å². The van der Waals surface area contributed by atoms with Crippen LogP contribution in [0.4, 0.5) is 0 Å². The van der Waals surface area contributed by atoms with Crippen molar-refractivity contribution < 1.29 is 0 Å². The Morgan fingerprint density at radius 2 is 2.08 bits per heavy atom. The molecule has 0 amide bonds. The Labute approximate surface area is 141 Å². The molecule has 3 heterocycles. The van der Waals surface area contributed by atoms with Crippen molar-refractivity contribution in [2.75, 3.05) is 19.6 Å². The number of nitrogens with zero attached hydrogens (tertiary/aromatic N) is 7. The van der Waals surface area contributed by atoms with Crippen molar-refractivity contribution in [3.05, 3.63) is 46.9 Å². The van der Waals surface area contributed by atoms with Gasteiger partial charge in [0.05, 0.1) is 12.2 Å². The van der Waals surface area contributed by atoms with Crippen LogP contribution >= 0.6 is 0 Å². The number of aromatic nitrogens is 3. The van der Waals surface area contributed by atoms with Gasteiger partial charge in [-0.1, -0.05) is 5.11 Å². The molecular weight excluding hydrogens is 302 g/mol. The molecule has 0 aliphatic carbocycles. The van der Waals surface area contributed by atoms with Crippen LogP contribution in [0, 0.1) is 6.92 Å². The van der Waals surface area contributed by atoms with E-state index in [0.717, 1.165) is 42.6 Å². The molecule has 0 radical (unpaired) electrons. The molecule has 7 nitrogen and oxygen atoms in total. The zero-order valence-corrected chi connectivity index (χ0v) is 14.2. The molecule has 3 rings (SSSR count). The Kier molecular flexibility index (Phi) is 5.13. The van der Waals surface area contributed by atoms with E-state index in [9.17, 15) is 0 Å². The van der Waals surface area contributed by atoms with Gasteiger partial charge in [-0.15, -0.1) is 0 Å². The van der Waals surface area contributed by atoms with E-state index < -0.39 is 0 Å². The third-order valence-corrected chi connectivity index (χ3v) is 4.72. The molecular formula is C17H23N7. The maximum atomic E-state index is 8.44. The van der Waals surface area contributed by atoms with Crippen LogP contribution in [0.5, 0.6) is 0 Å². The summed E-state index contributed by atoms with van der Waals surface area (Å²) < 4.78 is 2.09. The van der Waals surface area contributed by atoms with Crippen LogP contribution in [-0.4, -0.2) is 45.3 Å². The molecule has 0 aromatic carbocycles. The largest absolute Gasteiger partial charge is 0.300 e. The van der Waals surface area contributed by atoms with Crippen LogP contribution in [0.2, 0.25) is 0 Å². The Morgan fingerprint density at radius 1 is 1.29 bits per heavy atom. The zero-order valence-electron chi connectivity index (χ0n) is 14.2. The lowest BCUT2D eigenvalue weighted by molar-refractivity contribution is 0.142. The average molecular weight is 325 g/mol. The molecule has 24 heavy (non-hydrogen) atoms. The maximum absolute atomic E-state index is 8.44. The molecule has 126 valence electrons. The molecule has 7 heteroatoms. The number of rotatable bonds is 5. The molecule has 1 aliphatic rings. The second kappa shape index (κ2) is 7.47. The van der Waals surface area contributed by atoms with Gasteiger partial charge in [-0.3, -0.25) is 9.67 Å². The summed E-state index contributed by atoms with van der Waals surface area (Å²) in [7, 11) is 0. The molecule has 1 fully saturated rings. The minimum Gasteiger partial charge on any atom is -0.300 e. The van der Waals surface area contributed by atoms with Crippen LogP contribution in [0.3, 0.4) is 0 Å². The van der Waals surface area contributed by atoms with E-state index in [1.807, 2.05) is 25.5 Å². The van der Waals surface area contributed by atoms with Gasteiger partial charge in [0.2, 0.25) is 0 Å². The maximum Gasteiger partial charge on any atom is 0.0569 e. The molecule has 0 bridgehead atoms. The van der Waals surface area contributed by atoms with Gasteiger partial charge < -0.3 is 4.90 Å². The lowest BCUT2D eigenvalue weighted by atomic mass is 10.0. The summed E-state index contributed by atoms with van der Waals surface area (Å²) >= 11 is 0. The summed E-state index contributed by atoms with van der Waals surface area (Å²) in [6.45, 7) is 6.72. The van der Waals surface area contributed by atoms with E-state index in [-0.39, 0.29) is 0 Å². The summed E-state index contributed by atoms with van der Waals surface area (Å²) in [5.41, 5.74) is 11.8. The van der Waals surface area contributed by atoms with Gasteiger partial charge in [0, 0.05) is 60.3 Å². The van der Waals surface area contributed by atoms with E-state index in [1.165, 1.54) is 0 Å². The van der Waals surface area contributed by atoms with Crippen molar-refractivity contribution in [2.24, 2.45) is 5.11 Å². The standard InChI is InChI=1S/C17H23N7/c1-13-7-15(10-19-8-13)16-11-21-24(12-16)17-3-5-23(6-4-17)14(2)9-20-22-18/h7-8,10-12,14,17H,3-6,9H2,1-2H3. The number of aryl methyl sites for hydroxylation is 1. The predicted octanol–water partition coefficient (Wildman–Crippen LogP) is 3.59. The first kappa shape index (κ1) is 16.5. The van der Waals surface area contributed by atoms with E-state index in [4.69, 9.17) is 5.53 Å². The fraction of sp³-hybridized carbons (Fsp3) is 0.529. The third kappa shape index (κ3) is 3.75. The highest BCUT2D eigenvalue weighted by Gasteiger charge is 2.24. The molecule has 1 unspecified atom stereocenters. The van der Waals surface area contributed by atoms with Gasteiger partial charge in [-0.05, 0) is 43.9 Å². The number of likely N-dealkylation sites (tertiary alicyclic amines) is 1. The zero-order chi connectivity index (χ0) is 16.9. The van der Waals surface area contributed by atoms with Crippen LogP contribution in [0.15, 0.2) is 36.0 Å². The summed E-state index contributed by atoms with van der Waals surface area (Å²) in [4.78, 5) is 9.50. The number of pyridine rings is 1. The summed E-state index contributed by atoms with van der Waals surface area (Å²) in [6.07, 6.45) is 9.92. The monoisotopic (exact) mass is 325 g/mol. The van der Waals surface area contributed by atoms with E-state index >= 15 is 0 Å². The summed E-state index contributed by atoms with van der Waals surface area (Å²) in [5, 5.41) is 8.25. The second-order valence-corrected chi connectivity index (χ2v) is 6.49. The van der Waals surface area contributed by atoms with Gasteiger partial charge >= 0.3 is 0 Å². The van der Waals surface area contributed by atoms with Crippen LogP contribution in [0.1, 0.15) is 31.4 Å². The van der Waals surface area contributed by atoms with Crippen molar-refractivity contribution in [3.63, 3.8) is 0 Å². The highest BCUT2D eigenvalue weighted by Crippen LogP contribution is 2.26. The van der Waals surface area contributed by atoms with Crippen molar-refractivity contribution >= 4 is 0 Å². The Hall–Kier alpha value is -2.37. The van der Waals surface area contributed by atoms with Crippen LogP contribution in [-0.2, 0) is 0 Å². The molecule has 1 aliphatic heterocycles. The number of hydrogen-bond donors (Lipinski definition) is 0. The fourth-order valence-corrected chi connectivity index (χ4v) is 3.26. The van der Waals surface area contributed by atoms with Gasteiger partial charge in [0.25, 0.3) is 0 Å². The van der Waals surface area contributed by atoms with Crippen LogP contribution < -0.4 is 0 Å². The van der Waals surface area contributed by atoms with E-state index in [1.54, 1.807) is 0 Å². The van der Waals surface area contributed by atoms with Gasteiger partial charge in [-0.2, -0.15) is 5.10 Å². The third-order valence-electron chi connectivity index (χ3n) is 4.72. The predicted molar refractivity (Wildman–Crippen MR) is 93.5 cm³/mol. The molecule has 2 aromatic rings. The Balaban J connectivity index is 1.62. The number of azide groups is 1. The lowest BCUT2D eigenvalue weighted by Gasteiger charge is -2.35. The average Bonchev–Trinajstić information content (AvgIpc) is 3.10. The van der Waals surface area contributed by atoms with Crippen molar-refractivity contribution in [3.8, 4) is 11.1 Å². The molecule has 0 N–H and O–H groups in total. The quantitative estimate of drug-likeness (QED) is 0.478. The van der Waals surface area contributed by atoms with Crippen molar-refractivity contribution in [1.82, 2.24) is 19.7 Å². The minimum absolute atomic E-state index is 0.299. The topological polar surface area (TPSA) is 82.7 Å². The van der Waals surface area contributed by atoms with Crippen molar-refractivity contribution in [2.45, 2.75) is 38.8 Å². The van der Waals surface area contributed by atoms with Gasteiger partial charge in [-0.25, -0.2) is 0 Å². The number of piperidine rings is 1. The number of hydrogen-bond acceptors (Lipinski definition) is 4. The molecule has 0 saturated carbocycles. The first-order chi connectivity index (χ1) is 11.7. The highest BCUT2D eigenvalue weighted by molar-refractivity contribution is 5.61. The smallest absolute Gasteiger partial charge is 0.0569 e. The lowest BCUT2D eigenvalue weighted by Crippen LogP contribution is -2.41. The van der Waals surface area contributed by atoms with E-state index in [0.29, 0.717) is 18.6 Å². The first-order valence-corrected chi connectivity index (χ1v) is 8.38. The summed E-state index contributed by atoms with van der Waals surface area (Å²) in [6, 6.07) is 2.86. The van der Waals surface area contributed by atoms with Gasteiger partial charge in [0.1, 0.15) is 0 Å². The molecule has 1 atom stereocenters. The Morgan fingerprint density at radius 3 is 2.79 bits per heavy atom. The molecule has 2 aromatic heterocycles. The second-order valence-electron chi connectivity index (χ2n) is 6.49. The molecule has 0 spiro atoms. The van der Waals surface area contributed by atoms with Crippen molar-refractivity contribution in [1.29, 1.82) is 0 Å². The highest BCUT2D eigenvalue weighted by atomic mass is 15.3.